The van der Waals surface area contributed by atoms with Crippen LogP contribution < -0.4 is 5.32 Å². The Labute approximate surface area is 155 Å². The van der Waals surface area contributed by atoms with Gasteiger partial charge >= 0.3 is 0 Å². The molecule has 1 fully saturated rings. The molecule has 5 nitrogen and oxygen atoms in total. The molecule has 2 aromatic rings. The summed E-state index contributed by atoms with van der Waals surface area (Å²) in [6.07, 6.45) is 1.80. The van der Waals surface area contributed by atoms with Crippen molar-refractivity contribution in [3.05, 3.63) is 53.1 Å². The number of aromatic nitrogens is 2. The van der Waals surface area contributed by atoms with Crippen molar-refractivity contribution in [1.82, 2.24) is 19.8 Å². The maximum absolute atomic E-state index is 12.7. The van der Waals surface area contributed by atoms with E-state index in [1.165, 1.54) is 0 Å². The lowest BCUT2D eigenvalue weighted by molar-refractivity contribution is 0.0735. The Morgan fingerprint density at radius 1 is 1.21 bits per heavy atom. The second-order valence-corrected chi connectivity index (χ2v) is 5.73. The number of hydrogen-bond donors (Lipinski definition) is 1. The van der Waals surface area contributed by atoms with E-state index >= 15 is 0 Å². The molecule has 7 heteroatoms. The molecule has 0 aromatic carbocycles. The first kappa shape index (κ1) is 20.5. The Morgan fingerprint density at radius 2 is 1.92 bits per heavy atom. The average Bonchev–Trinajstić information content (AvgIpc) is 2.84. The van der Waals surface area contributed by atoms with Crippen molar-refractivity contribution in [2.45, 2.75) is 20.4 Å². The molecular weight excluding hydrogens is 347 g/mol. The maximum atomic E-state index is 12.7. The van der Waals surface area contributed by atoms with Crippen LogP contribution in [-0.4, -0.2) is 46.5 Å². The van der Waals surface area contributed by atoms with Crippen molar-refractivity contribution in [3.63, 3.8) is 0 Å². The van der Waals surface area contributed by atoms with E-state index in [-0.39, 0.29) is 30.7 Å². The van der Waals surface area contributed by atoms with Crippen LogP contribution in [0.1, 0.15) is 27.4 Å². The second kappa shape index (κ2) is 9.06. The number of aryl methyl sites for hydroxylation is 1. The molecule has 1 N–H and O–H groups in total. The van der Waals surface area contributed by atoms with E-state index < -0.39 is 0 Å². The number of nitrogens with one attached hydrogen (secondary N) is 1. The lowest BCUT2D eigenvalue weighted by atomic mass is 10.2. The summed E-state index contributed by atoms with van der Waals surface area (Å²) in [5.41, 5.74) is 3.94. The summed E-state index contributed by atoms with van der Waals surface area (Å²) in [5.74, 6) is 0.141. The van der Waals surface area contributed by atoms with Crippen LogP contribution >= 0.6 is 24.8 Å². The fourth-order valence-electron chi connectivity index (χ4n) is 2.95. The highest BCUT2D eigenvalue weighted by Gasteiger charge is 2.22. The van der Waals surface area contributed by atoms with E-state index in [1.54, 1.807) is 6.20 Å². The van der Waals surface area contributed by atoms with Crippen molar-refractivity contribution in [2.75, 3.05) is 26.2 Å². The summed E-state index contributed by atoms with van der Waals surface area (Å²) < 4.78 is 2.16. The fourth-order valence-corrected chi connectivity index (χ4v) is 2.95. The van der Waals surface area contributed by atoms with E-state index in [0.717, 1.165) is 48.8 Å². The third-order valence-electron chi connectivity index (χ3n) is 4.25. The molecule has 0 atom stereocenters. The van der Waals surface area contributed by atoms with Gasteiger partial charge in [0, 0.05) is 43.8 Å². The summed E-state index contributed by atoms with van der Waals surface area (Å²) in [6, 6.07) is 7.92. The maximum Gasteiger partial charge on any atom is 0.255 e. The number of rotatable bonds is 3. The molecule has 2 aromatic heterocycles. The number of amides is 1. The first-order chi connectivity index (χ1) is 10.7. The van der Waals surface area contributed by atoms with Gasteiger partial charge in [0.25, 0.3) is 5.91 Å². The van der Waals surface area contributed by atoms with Gasteiger partial charge in [-0.1, -0.05) is 6.07 Å². The van der Waals surface area contributed by atoms with Crippen molar-refractivity contribution in [1.29, 1.82) is 0 Å². The molecule has 24 heavy (non-hydrogen) atoms. The van der Waals surface area contributed by atoms with Gasteiger partial charge in [0.2, 0.25) is 0 Å². The number of halogens is 2. The smallest absolute Gasteiger partial charge is 0.255 e. The van der Waals surface area contributed by atoms with E-state index in [9.17, 15) is 4.79 Å². The fraction of sp³-hybridized carbons (Fsp3) is 0.412. The normalized spacial score (nSPS) is 13.8. The zero-order chi connectivity index (χ0) is 15.5. The molecule has 0 radical (unpaired) electrons. The minimum atomic E-state index is 0. The summed E-state index contributed by atoms with van der Waals surface area (Å²) in [7, 11) is 0. The van der Waals surface area contributed by atoms with Gasteiger partial charge in [-0.05, 0) is 32.0 Å². The van der Waals surface area contributed by atoms with Gasteiger partial charge in [-0.25, -0.2) is 0 Å². The quantitative estimate of drug-likeness (QED) is 0.902. The number of piperazine rings is 1. The van der Waals surface area contributed by atoms with E-state index in [1.807, 2.05) is 43.0 Å². The summed E-state index contributed by atoms with van der Waals surface area (Å²) in [4.78, 5) is 19.0. The highest BCUT2D eigenvalue weighted by Crippen LogP contribution is 2.18. The third kappa shape index (κ3) is 4.29. The highest BCUT2D eigenvalue weighted by atomic mass is 35.5. The van der Waals surface area contributed by atoms with Gasteiger partial charge in [-0.2, -0.15) is 0 Å². The summed E-state index contributed by atoms with van der Waals surface area (Å²) in [5, 5.41) is 3.28. The first-order valence-electron chi connectivity index (χ1n) is 7.73. The highest BCUT2D eigenvalue weighted by molar-refractivity contribution is 5.95. The molecule has 132 valence electrons. The lowest BCUT2D eigenvalue weighted by Crippen LogP contribution is -2.46. The second-order valence-electron chi connectivity index (χ2n) is 5.73. The van der Waals surface area contributed by atoms with Crippen molar-refractivity contribution in [3.8, 4) is 0 Å². The molecule has 0 bridgehead atoms. The average molecular weight is 371 g/mol. The van der Waals surface area contributed by atoms with Crippen LogP contribution in [0, 0.1) is 13.8 Å². The molecular formula is C17H24Cl2N4O. The van der Waals surface area contributed by atoms with Gasteiger partial charge in [-0.3, -0.25) is 9.78 Å². The Hall–Kier alpha value is -1.56. The van der Waals surface area contributed by atoms with Gasteiger partial charge < -0.3 is 14.8 Å². The summed E-state index contributed by atoms with van der Waals surface area (Å²) in [6.45, 7) is 8.07. The van der Waals surface area contributed by atoms with Gasteiger partial charge in [0.05, 0.1) is 17.8 Å². The first-order valence-corrected chi connectivity index (χ1v) is 7.73. The molecule has 3 heterocycles. The number of carbonyl (C=O) groups is 1. The lowest BCUT2D eigenvalue weighted by Gasteiger charge is -2.27. The van der Waals surface area contributed by atoms with E-state index in [4.69, 9.17) is 0 Å². The Bertz CT molecular complexity index is 667. The van der Waals surface area contributed by atoms with E-state index in [0.29, 0.717) is 6.54 Å². The van der Waals surface area contributed by atoms with Crippen molar-refractivity contribution >= 4 is 30.7 Å². The molecule has 1 aliphatic heterocycles. The Kier molecular flexibility index (Phi) is 7.73. The molecule has 3 rings (SSSR count). The number of nitrogens with zero attached hydrogens (tertiary/aromatic N) is 3. The third-order valence-corrected chi connectivity index (χ3v) is 4.25. The predicted molar refractivity (Wildman–Crippen MR) is 101 cm³/mol. The minimum absolute atomic E-state index is 0. The van der Waals surface area contributed by atoms with Crippen LogP contribution in [0.25, 0.3) is 0 Å². The summed E-state index contributed by atoms with van der Waals surface area (Å²) >= 11 is 0. The van der Waals surface area contributed by atoms with E-state index in [2.05, 4.69) is 14.9 Å². The monoisotopic (exact) mass is 370 g/mol. The van der Waals surface area contributed by atoms with Crippen LogP contribution in [0.3, 0.4) is 0 Å². The van der Waals surface area contributed by atoms with Crippen molar-refractivity contribution in [2.24, 2.45) is 0 Å². The predicted octanol–water partition coefficient (Wildman–Crippen LogP) is 2.44. The van der Waals surface area contributed by atoms with Crippen LogP contribution in [0.2, 0.25) is 0 Å². The topological polar surface area (TPSA) is 50.2 Å². The molecule has 1 saturated heterocycles. The van der Waals surface area contributed by atoms with Crippen LogP contribution in [0.5, 0.6) is 0 Å². The van der Waals surface area contributed by atoms with Crippen LogP contribution in [0.15, 0.2) is 30.5 Å². The standard InChI is InChI=1S/C17H22N4O.2ClH/c1-13-11-16(17(22)20-9-7-18-8-10-20)14(2)21(13)12-15-5-3-4-6-19-15;;/h3-6,11,18H,7-10,12H2,1-2H3;2*1H. The SMILES string of the molecule is Cc1cc(C(=O)N2CCNCC2)c(C)n1Cc1ccccn1.Cl.Cl. The number of pyridine rings is 1. The minimum Gasteiger partial charge on any atom is -0.342 e. The van der Waals surface area contributed by atoms with Gasteiger partial charge in [0.15, 0.2) is 0 Å². The zero-order valence-corrected chi connectivity index (χ0v) is 15.6. The molecule has 0 saturated carbocycles. The Morgan fingerprint density at radius 3 is 2.54 bits per heavy atom. The molecule has 1 amide bonds. The molecule has 0 spiro atoms. The molecule has 0 unspecified atom stereocenters. The number of hydrogen-bond acceptors (Lipinski definition) is 3. The van der Waals surface area contributed by atoms with Gasteiger partial charge in [-0.15, -0.1) is 24.8 Å². The van der Waals surface area contributed by atoms with Crippen LogP contribution in [0.4, 0.5) is 0 Å². The van der Waals surface area contributed by atoms with Crippen LogP contribution in [-0.2, 0) is 6.54 Å². The zero-order valence-electron chi connectivity index (χ0n) is 14.0. The van der Waals surface area contributed by atoms with Crippen molar-refractivity contribution < 1.29 is 4.79 Å². The number of carbonyl (C=O) groups excluding carboxylic acids is 1. The Balaban J connectivity index is 0.00000144. The molecule has 0 aliphatic carbocycles. The largest absolute Gasteiger partial charge is 0.342 e. The van der Waals surface area contributed by atoms with Gasteiger partial charge in [0.1, 0.15) is 0 Å². The molecule has 1 aliphatic rings.